The van der Waals surface area contributed by atoms with Crippen molar-refractivity contribution >= 4 is 11.5 Å². The van der Waals surface area contributed by atoms with E-state index in [0.29, 0.717) is 5.57 Å². The molecule has 1 aromatic carbocycles. The average Bonchev–Trinajstić information content (AvgIpc) is 2.60. The fraction of sp³-hybridized carbons (Fsp3) is 0.458. The van der Waals surface area contributed by atoms with Gasteiger partial charge in [0.05, 0.1) is 12.7 Å². The number of allylic oxidation sites excluding steroid dienone is 5. The highest BCUT2D eigenvalue weighted by Crippen LogP contribution is 2.49. The van der Waals surface area contributed by atoms with Gasteiger partial charge in [0.15, 0.2) is 0 Å². The molecule has 0 atom stereocenters. The van der Waals surface area contributed by atoms with Gasteiger partial charge in [0.25, 0.3) is 0 Å². The van der Waals surface area contributed by atoms with Gasteiger partial charge in [-0.25, -0.2) is 4.79 Å². The second-order valence-electron chi connectivity index (χ2n) is 9.03. The third kappa shape index (κ3) is 5.15. The van der Waals surface area contributed by atoms with E-state index in [1.165, 1.54) is 26.2 Å². The molecule has 3 nitrogen and oxygen atoms in total. The molecule has 1 aliphatic rings. The number of benzene rings is 1. The van der Waals surface area contributed by atoms with Crippen molar-refractivity contribution in [1.29, 1.82) is 0 Å². The summed E-state index contributed by atoms with van der Waals surface area (Å²) < 4.78 is 47.3. The van der Waals surface area contributed by atoms with Crippen LogP contribution in [0.4, 0.5) is 13.2 Å². The maximum Gasteiger partial charge on any atom is 0.417 e. The van der Waals surface area contributed by atoms with E-state index in [1.54, 1.807) is 12.1 Å². The number of rotatable bonds is 5. The van der Waals surface area contributed by atoms with E-state index in [-0.39, 0.29) is 22.1 Å². The second-order valence-corrected chi connectivity index (χ2v) is 9.03. The van der Waals surface area contributed by atoms with Gasteiger partial charge in [0, 0.05) is 11.6 Å². The Kier molecular flexibility index (Phi) is 6.60. The summed E-state index contributed by atoms with van der Waals surface area (Å²) in [4.78, 5) is 10.7. The summed E-state index contributed by atoms with van der Waals surface area (Å²) in [5.74, 6) is -0.979. The first-order chi connectivity index (χ1) is 13.7. The topological polar surface area (TPSA) is 46.5 Å². The molecule has 1 N–H and O–H groups in total. The largest absolute Gasteiger partial charge is 0.496 e. The van der Waals surface area contributed by atoms with Crippen LogP contribution in [0.3, 0.4) is 0 Å². The van der Waals surface area contributed by atoms with E-state index >= 15 is 0 Å². The Labute approximate surface area is 175 Å². The van der Waals surface area contributed by atoms with Gasteiger partial charge in [-0.2, -0.15) is 13.2 Å². The van der Waals surface area contributed by atoms with Crippen molar-refractivity contribution in [3.8, 4) is 5.75 Å². The van der Waals surface area contributed by atoms with Crippen LogP contribution in [0.2, 0.25) is 0 Å². The van der Waals surface area contributed by atoms with Gasteiger partial charge < -0.3 is 9.84 Å². The number of carboxylic acids is 1. The Morgan fingerprint density at radius 3 is 2.10 bits per heavy atom. The third-order valence-electron chi connectivity index (χ3n) is 5.74. The minimum atomic E-state index is -4.61. The van der Waals surface area contributed by atoms with Crippen molar-refractivity contribution in [2.45, 2.75) is 64.5 Å². The van der Waals surface area contributed by atoms with Crippen LogP contribution in [-0.2, 0) is 15.6 Å². The van der Waals surface area contributed by atoms with Gasteiger partial charge in [-0.15, -0.1) is 0 Å². The number of halogens is 3. The maximum atomic E-state index is 14.0. The lowest BCUT2D eigenvalue weighted by atomic mass is 9.62. The van der Waals surface area contributed by atoms with E-state index in [9.17, 15) is 18.0 Å². The molecule has 0 bridgehead atoms. The lowest BCUT2D eigenvalue weighted by Crippen LogP contribution is -2.34. The summed E-state index contributed by atoms with van der Waals surface area (Å²) in [6.07, 6.45) is 1.65. The number of hydrogen-bond acceptors (Lipinski definition) is 2. The number of ether oxygens (including phenoxy) is 1. The van der Waals surface area contributed by atoms with Crippen LogP contribution in [0.25, 0.3) is 5.57 Å². The molecule has 0 saturated carbocycles. The number of fused-ring (bicyclic) bond motifs is 1. The van der Waals surface area contributed by atoms with Crippen molar-refractivity contribution in [3.05, 3.63) is 58.7 Å². The minimum absolute atomic E-state index is 0.0148. The summed E-state index contributed by atoms with van der Waals surface area (Å²) in [6, 6.07) is 3.35. The molecule has 0 spiro atoms. The van der Waals surface area contributed by atoms with Crippen LogP contribution in [-0.4, -0.2) is 24.4 Å². The van der Waals surface area contributed by atoms with Crippen molar-refractivity contribution in [1.82, 2.24) is 0 Å². The lowest BCUT2D eigenvalue weighted by Gasteiger charge is -2.42. The number of alkyl halides is 3. The van der Waals surface area contributed by atoms with E-state index in [4.69, 9.17) is 9.84 Å². The molecule has 0 heterocycles. The Bertz CT molecular complexity index is 916. The highest BCUT2D eigenvalue weighted by molar-refractivity contribution is 5.81. The van der Waals surface area contributed by atoms with Gasteiger partial charge in [0.1, 0.15) is 5.75 Å². The highest BCUT2D eigenvalue weighted by atomic mass is 19.4. The van der Waals surface area contributed by atoms with Crippen molar-refractivity contribution in [2.24, 2.45) is 0 Å². The molecule has 30 heavy (non-hydrogen) atoms. The smallest absolute Gasteiger partial charge is 0.417 e. The van der Waals surface area contributed by atoms with E-state index in [0.717, 1.165) is 36.1 Å². The summed E-state index contributed by atoms with van der Waals surface area (Å²) >= 11 is 0. The zero-order valence-corrected chi connectivity index (χ0v) is 18.3. The van der Waals surface area contributed by atoms with Crippen LogP contribution in [0, 0.1) is 0 Å². The van der Waals surface area contributed by atoms with Gasteiger partial charge in [-0.05, 0) is 65.5 Å². The van der Waals surface area contributed by atoms with E-state index in [1.807, 2.05) is 13.8 Å². The number of aliphatic carboxylic acids is 1. The minimum Gasteiger partial charge on any atom is -0.496 e. The molecule has 2 rings (SSSR count). The van der Waals surface area contributed by atoms with Gasteiger partial charge in [-0.1, -0.05) is 39.8 Å². The summed E-state index contributed by atoms with van der Waals surface area (Å²) in [5.41, 5.74) is 0.990. The van der Waals surface area contributed by atoms with Crippen molar-refractivity contribution in [3.63, 3.8) is 0 Å². The molecule has 0 amide bonds. The summed E-state index contributed by atoms with van der Waals surface area (Å²) in [6.45, 7) is 9.81. The van der Waals surface area contributed by atoms with E-state index in [2.05, 4.69) is 13.8 Å². The predicted molar refractivity (Wildman–Crippen MR) is 113 cm³/mol. The Hall–Kier alpha value is -2.50. The number of carbonyl (C=O) groups is 1. The first kappa shape index (κ1) is 23.8. The lowest BCUT2D eigenvalue weighted by molar-refractivity contribution is -0.131. The van der Waals surface area contributed by atoms with Crippen LogP contribution in [0.1, 0.15) is 64.2 Å². The predicted octanol–water partition coefficient (Wildman–Crippen LogP) is 6.58. The fourth-order valence-electron chi connectivity index (χ4n) is 3.85. The fourth-order valence-corrected chi connectivity index (χ4v) is 3.85. The van der Waals surface area contributed by atoms with Crippen LogP contribution in [0.5, 0.6) is 5.75 Å². The summed E-state index contributed by atoms with van der Waals surface area (Å²) in [7, 11) is 1.37. The number of carboxylic acid groups (broad SMARTS) is 1. The zero-order valence-electron chi connectivity index (χ0n) is 18.3. The maximum absolute atomic E-state index is 14.0. The highest BCUT2D eigenvalue weighted by Gasteiger charge is 2.41. The standard InChI is InChI=1S/C24H29F3O3/c1-15(12-21(28)29)8-7-9-17(24(25,26)27)16-13-18-19(14-20(16)30-6)23(4,5)11-10-22(18,2)3/h7-9,12-14H,10-11H2,1-6H3,(H,28,29)/b8-7+,15-12+,17-9+. The van der Waals surface area contributed by atoms with Crippen LogP contribution < -0.4 is 4.74 Å². The average molecular weight is 422 g/mol. The quantitative estimate of drug-likeness (QED) is 0.431. The van der Waals surface area contributed by atoms with Gasteiger partial charge in [-0.3, -0.25) is 0 Å². The third-order valence-corrected chi connectivity index (χ3v) is 5.74. The summed E-state index contributed by atoms with van der Waals surface area (Å²) in [5, 5.41) is 8.75. The molecule has 6 heteroatoms. The molecular weight excluding hydrogens is 393 g/mol. The molecule has 0 saturated heterocycles. The molecule has 0 fully saturated rings. The second kappa shape index (κ2) is 8.32. The molecule has 1 aromatic rings. The van der Waals surface area contributed by atoms with Crippen LogP contribution >= 0.6 is 0 Å². The molecular formula is C24H29F3O3. The zero-order chi connectivity index (χ0) is 22.9. The first-order valence-electron chi connectivity index (χ1n) is 9.79. The van der Waals surface area contributed by atoms with Crippen LogP contribution in [0.15, 0.2) is 42.0 Å². The molecule has 0 aliphatic heterocycles. The Morgan fingerprint density at radius 2 is 1.63 bits per heavy atom. The SMILES string of the molecule is COc1cc2c(cc1\C(=C/C=C/C(C)=C/C(=O)O)C(F)(F)F)C(C)(C)CCC2(C)C. The van der Waals surface area contributed by atoms with E-state index < -0.39 is 17.7 Å². The Morgan fingerprint density at radius 1 is 1.10 bits per heavy atom. The molecule has 0 radical (unpaired) electrons. The number of methoxy groups -OCH3 is 1. The molecule has 164 valence electrons. The Balaban J connectivity index is 2.69. The van der Waals surface area contributed by atoms with Gasteiger partial charge >= 0.3 is 12.1 Å². The molecule has 0 aromatic heterocycles. The first-order valence-corrected chi connectivity index (χ1v) is 9.79. The van der Waals surface area contributed by atoms with Crippen molar-refractivity contribution < 1.29 is 27.8 Å². The normalized spacial score (nSPS) is 19.0. The molecule has 1 aliphatic carbocycles. The van der Waals surface area contributed by atoms with Crippen molar-refractivity contribution in [2.75, 3.05) is 7.11 Å². The molecule has 0 unspecified atom stereocenters. The number of hydrogen-bond donors (Lipinski definition) is 1. The van der Waals surface area contributed by atoms with Gasteiger partial charge in [0.2, 0.25) is 0 Å². The monoisotopic (exact) mass is 422 g/mol.